The molecule has 0 atom stereocenters. The van der Waals surface area contributed by atoms with E-state index >= 15 is 0 Å². The maximum Gasteiger partial charge on any atom is 0.488 e. The summed E-state index contributed by atoms with van der Waals surface area (Å²) in [5.41, 5.74) is 6.77. The number of nitrogens with zero attached hydrogens (tertiary/aromatic N) is 4. The summed E-state index contributed by atoms with van der Waals surface area (Å²) < 4.78 is 12.8. The van der Waals surface area contributed by atoms with Crippen molar-refractivity contribution in [2.75, 3.05) is 0 Å². The molecular weight excluding hydrogens is 587 g/mol. The molecule has 2 N–H and O–H groups in total. The molecule has 0 aliphatic rings. The van der Waals surface area contributed by atoms with E-state index in [9.17, 15) is 10.0 Å². The molecule has 0 unspecified atom stereocenters. The average molecular weight is 610 g/mol. The molecule has 5 aromatic carbocycles. The third-order valence-electron chi connectivity index (χ3n) is 8.45. The van der Waals surface area contributed by atoms with E-state index in [-0.39, 0.29) is 0 Å². The monoisotopic (exact) mass is 610 g/mol. The molecule has 0 aliphatic carbocycles. The molecule has 0 fully saturated rings. The quantitative estimate of drug-likeness (QED) is 0.194. The van der Waals surface area contributed by atoms with Gasteiger partial charge in [-0.1, -0.05) is 72.8 Å². The predicted molar refractivity (Wildman–Crippen MR) is 184 cm³/mol. The van der Waals surface area contributed by atoms with Gasteiger partial charge in [0.25, 0.3) is 0 Å². The Morgan fingerprint density at radius 1 is 0.468 bits per heavy atom. The van der Waals surface area contributed by atoms with Crippen molar-refractivity contribution in [2.24, 2.45) is 0 Å². The Bertz CT molecular complexity index is 2500. The summed E-state index contributed by atoms with van der Waals surface area (Å²) in [6.07, 6.45) is 3.39. The number of aromatic nitrogens is 4. The second-order valence-corrected chi connectivity index (χ2v) is 11.3. The van der Waals surface area contributed by atoms with Crippen molar-refractivity contribution in [3.05, 3.63) is 128 Å². The number of para-hydroxylation sites is 4. The van der Waals surface area contributed by atoms with Crippen molar-refractivity contribution in [1.82, 2.24) is 19.9 Å². The minimum absolute atomic E-state index is 0.302. The van der Waals surface area contributed by atoms with Crippen LogP contribution >= 0.6 is 0 Å². The third kappa shape index (κ3) is 4.56. The van der Waals surface area contributed by atoms with Crippen LogP contribution in [0.3, 0.4) is 0 Å². The maximum atomic E-state index is 10.3. The largest absolute Gasteiger partial charge is 0.488 e. The topological polar surface area (TPSA) is 118 Å². The van der Waals surface area contributed by atoms with E-state index in [1.165, 1.54) is 0 Å². The van der Waals surface area contributed by atoms with Crippen molar-refractivity contribution in [2.45, 2.75) is 0 Å². The van der Waals surface area contributed by atoms with Crippen LogP contribution in [0.4, 0.5) is 0 Å². The van der Waals surface area contributed by atoms with Crippen molar-refractivity contribution in [3.8, 4) is 45.3 Å². The fourth-order valence-corrected chi connectivity index (χ4v) is 6.23. The van der Waals surface area contributed by atoms with Gasteiger partial charge in [-0.05, 0) is 59.1 Å². The van der Waals surface area contributed by atoms with Crippen LogP contribution in [0.1, 0.15) is 0 Å². The van der Waals surface area contributed by atoms with Gasteiger partial charge >= 0.3 is 7.12 Å². The molecule has 0 aliphatic heterocycles. The smallest absolute Gasteiger partial charge is 0.455 e. The highest BCUT2D eigenvalue weighted by Crippen LogP contribution is 2.38. The minimum atomic E-state index is -1.70. The lowest BCUT2D eigenvalue weighted by atomic mass is 9.78. The SMILES string of the molecule is OB(O)c1cc(-c2ccncc2)cc(-c2nc(-c3cccc4c3oc3ccccc34)nc(-c3cccc4c3oc3ccccc34)n2)c1. The van der Waals surface area contributed by atoms with Gasteiger partial charge in [-0.25, -0.2) is 15.0 Å². The molecule has 4 heterocycles. The highest BCUT2D eigenvalue weighted by atomic mass is 16.4. The van der Waals surface area contributed by atoms with Gasteiger partial charge in [-0.2, -0.15) is 0 Å². The summed E-state index contributed by atoms with van der Waals surface area (Å²) in [7, 11) is -1.70. The molecule has 0 saturated heterocycles. The maximum absolute atomic E-state index is 10.3. The Morgan fingerprint density at radius 3 is 1.55 bits per heavy atom. The van der Waals surface area contributed by atoms with E-state index in [0.29, 0.717) is 50.8 Å². The highest BCUT2D eigenvalue weighted by Gasteiger charge is 2.22. The zero-order valence-electron chi connectivity index (χ0n) is 24.7. The summed E-state index contributed by atoms with van der Waals surface area (Å²) in [4.78, 5) is 19.1. The van der Waals surface area contributed by atoms with Crippen LogP contribution in [0.5, 0.6) is 0 Å². The van der Waals surface area contributed by atoms with Gasteiger partial charge in [-0.3, -0.25) is 4.98 Å². The van der Waals surface area contributed by atoms with Crippen LogP contribution in [0, 0.1) is 0 Å². The normalized spacial score (nSPS) is 11.6. The van der Waals surface area contributed by atoms with Gasteiger partial charge in [0, 0.05) is 39.5 Å². The van der Waals surface area contributed by atoms with E-state index in [1.54, 1.807) is 24.5 Å². The van der Waals surface area contributed by atoms with Crippen molar-refractivity contribution in [1.29, 1.82) is 0 Å². The summed E-state index contributed by atoms with van der Waals surface area (Å²) in [6, 6.07) is 36.7. The predicted octanol–water partition coefficient (Wildman–Crippen LogP) is 7.41. The molecule has 8 nitrogen and oxygen atoms in total. The van der Waals surface area contributed by atoms with Gasteiger partial charge in [0.1, 0.15) is 22.3 Å². The Morgan fingerprint density at radius 2 is 0.979 bits per heavy atom. The first-order chi connectivity index (χ1) is 23.1. The molecule has 0 bridgehead atoms. The standard InChI is InChI=1S/C38H23BN4O4/c44-39(45)25-20-23(22-15-17-40-18-16-22)19-24(21-25)36-41-37(30-11-5-9-28-26-7-1-3-13-32(26)46-34(28)30)43-38(42-36)31-12-6-10-29-27-8-2-4-14-33(27)47-35(29)31/h1-21,44-45H. The van der Waals surface area contributed by atoms with Crippen molar-refractivity contribution < 1.29 is 18.9 Å². The lowest BCUT2D eigenvalue weighted by molar-refractivity contribution is 0.426. The molecule has 4 aromatic heterocycles. The molecule has 0 saturated carbocycles. The van der Waals surface area contributed by atoms with Crippen molar-refractivity contribution in [3.63, 3.8) is 0 Å². The number of pyridine rings is 1. The number of furan rings is 2. The molecule has 222 valence electrons. The van der Waals surface area contributed by atoms with E-state index in [0.717, 1.165) is 43.8 Å². The number of fused-ring (bicyclic) bond motifs is 6. The fourth-order valence-electron chi connectivity index (χ4n) is 6.23. The Balaban J connectivity index is 1.33. The van der Waals surface area contributed by atoms with Gasteiger partial charge in [0.2, 0.25) is 0 Å². The summed E-state index contributed by atoms with van der Waals surface area (Å²) >= 11 is 0. The molecule has 0 amide bonds. The summed E-state index contributed by atoms with van der Waals surface area (Å²) in [5.74, 6) is 1.16. The van der Waals surface area contributed by atoms with Crippen LogP contribution in [0.15, 0.2) is 136 Å². The Hall–Kier alpha value is -6.16. The molecular formula is C38H23BN4O4. The second kappa shape index (κ2) is 10.7. The van der Waals surface area contributed by atoms with E-state index in [4.69, 9.17) is 23.8 Å². The number of hydrogen-bond acceptors (Lipinski definition) is 8. The van der Waals surface area contributed by atoms with Crippen LogP contribution in [-0.2, 0) is 0 Å². The molecule has 0 spiro atoms. The molecule has 0 radical (unpaired) electrons. The van der Waals surface area contributed by atoms with Crippen LogP contribution < -0.4 is 5.46 Å². The zero-order valence-corrected chi connectivity index (χ0v) is 24.7. The molecule has 9 heteroatoms. The van der Waals surface area contributed by atoms with Crippen molar-refractivity contribution >= 4 is 56.5 Å². The Kier molecular flexibility index (Phi) is 6.21. The summed E-state index contributed by atoms with van der Waals surface area (Å²) in [6.45, 7) is 0. The first-order valence-electron chi connectivity index (χ1n) is 15.1. The van der Waals surface area contributed by atoms with Gasteiger partial charge < -0.3 is 18.9 Å². The average Bonchev–Trinajstić information content (AvgIpc) is 3.70. The lowest BCUT2D eigenvalue weighted by Gasteiger charge is -2.12. The lowest BCUT2D eigenvalue weighted by Crippen LogP contribution is -2.30. The molecule has 9 aromatic rings. The number of benzene rings is 5. The summed E-state index contributed by atoms with van der Waals surface area (Å²) in [5, 5.41) is 24.4. The van der Waals surface area contributed by atoms with Crippen LogP contribution in [-0.4, -0.2) is 37.1 Å². The highest BCUT2D eigenvalue weighted by molar-refractivity contribution is 6.58. The zero-order chi connectivity index (χ0) is 31.5. The molecule has 9 rings (SSSR count). The number of rotatable bonds is 5. The molecule has 47 heavy (non-hydrogen) atoms. The van der Waals surface area contributed by atoms with E-state index < -0.39 is 7.12 Å². The van der Waals surface area contributed by atoms with E-state index in [2.05, 4.69) is 4.98 Å². The van der Waals surface area contributed by atoms with E-state index in [1.807, 2.05) is 103 Å². The van der Waals surface area contributed by atoms with Crippen LogP contribution in [0.25, 0.3) is 89.2 Å². The Labute approximate surface area is 267 Å². The van der Waals surface area contributed by atoms with Crippen LogP contribution in [0.2, 0.25) is 0 Å². The van der Waals surface area contributed by atoms with Gasteiger partial charge in [-0.15, -0.1) is 0 Å². The minimum Gasteiger partial charge on any atom is -0.455 e. The third-order valence-corrected chi connectivity index (χ3v) is 8.45. The first kappa shape index (κ1) is 27.2. The van der Waals surface area contributed by atoms with Gasteiger partial charge in [0.15, 0.2) is 17.5 Å². The fraction of sp³-hybridized carbons (Fsp3) is 0. The number of hydrogen-bond donors (Lipinski definition) is 2. The second-order valence-electron chi connectivity index (χ2n) is 11.3. The first-order valence-corrected chi connectivity index (χ1v) is 15.1. The van der Waals surface area contributed by atoms with Gasteiger partial charge in [0.05, 0.1) is 11.1 Å².